The molecule has 5 nitrogen and oxygen atoms in total. The lowest BCUT2D eigenvalue weighted by Gasteiger charge is -2.37. The van der Waals surface area contributed by atoms with Crippen LogP contribution in [-0.2, 0) is 11.8 Å². The molecule has 112 valence electrons. The number of carbonyl (C=O) groups is 1. The number of carbonyl (C=O) groups excluding carboxylic acids is 1. The molecule has 21 heavy (non-hydrogen) atoms. The van der Waals surface area contributed by atoms with Crippen LogP contribution in [-0.4, -0.2) is 45.9 Å². The summed E-state index contributed by atoms with van der Waals surface area (Å²) in [6.45, 7) is 3.37. The molecule has 1 aliphatic carbocycles. The zero-order chi connectivity index (χ0) is 14.6. The molecule has 1 saturated carbocycles. The minimum Gasteiger partial charge on any atom is -0.374 e. The van der Waals surface area contributed by atoms with Crippen molar-refractivity contribution in [2.75, 3.05) is 13.2 Å². The van der Waals surface area contributed by atoms with Crippen LogP contribution in [0.1, 0.15) is 34.6 Å². The Morgan fingerprint density at radius 3 is 3.14 bits per heavy atom. The first-order valence-corrected chi connectivity index (χ1v) is 8.32. The largest absolute Gasteiger partial charge is 0.374 e. The number of nitrogens with zero attached hydrogens (tertiary/aromatic N) is 3. The van der Waals surface area contributed by atoms with E-state index in [0.717, 1.165) is 40.1 Å². The second-order valence-corrected chi connectivity index (χ2v) is 6.98. The van der Waals surface area contributed by atoms with Gasteiger partial charge in [-0.05, 0) is 32.3 Å². The zero-order valence-corrected chi connectivity index (χ0v) is 13.2. The molecule has 0 bridgehead atoms. The number of hydrogen-bond acceptors (Lipinski definition) is 4. The second kappa shape index (κ2) is 4.81. The lowest BCUT2D eigenvalue weighted by molar-refractivity contribution is -0.0443. The van der Waals surface area contributed by atoms with Crippen molar-refractivity contribution < 1.29 is 9.53 Å². The van der Waals surface area contributed by atoms with Gasteiger partial charge in [-0.2, -0.15) is 5.10 Å². The van der Waals surface area contributed by atoms with E-state index >= 15 is 0 Å². The van der Waals surface area contributed by atoms with Gasteiger partial charge in [-0.1, -0.05) is 0 Å². The molecule has 2 aromatic heterocycles. The average molecular weight is 305 g/mol. The molecule has 1 amide bonds. The van der Waals surface area contributed by atoms with E-state index in [4.69, 9.17) is 4.74 Å². The maximum atomic E-state index is 12.9. The van der Waals surface area contributed by atoms with Gasteiger partial charge in [0.15, 0.2) is 0 Å². The summed E-state index contributed by atoms with van der Waals surface area (Å²) in [5.41, 5.74) is 0.989. The van der Waals surface area contributed by atoms with E-state index in [1.54, 1.807) is 11.3 Å². The average Bonchev–Trinajstić information content (AvgIpc) is 3.16. The number of ether oxygens (including phenoxy) is 1. The van der Waals surface area contributed by atoms with Crippen molar-refractivity contribution in [3.8, 4) is 0 Å². The van der Waals surface area contributed by atoms with Crippen LogP contribution >= 0.6 is 11.3 Å². The Kier molecular flexibility index (Phi) is 3.04. The molecule has 0 radical (unpaired) electrons. The highest BCUT2D eigenvalue weighted by molar-refractivity contribution is 7.20. The quantitative estimate of drug-likeness (QED) is 0.812. The molecule has 0 N–H and O–H groups in total. The minimum atomic E-state index is 0.163. The van der Waals surface area contributed by atoms with Crippen molar-refractivity contribution in [3.05, 3.63) is 16.6 Å². The normalized spacial score (nSPS) is 25.5. The molecule has 0 aromatic carbocycles. The van der Waals surface area contributed by atoms with Gasteiger partial charge in [0.2, 0.25) is 0 Å². The molecule has 2 fully saturated rings. The van der Waals surface area contributed by atoms with Crippen molar-refractivity contribution in [1.82, 2.24) is 14.7 Å². The summed E-state index contributed by atoms with van der Waals surface area (Å²) in [6.07, 6.45) is 3.57. The minimum absolute atomic E-state index is 0.163. The number of thiophene rings is 1. The van der Waals surface area contributed by atoms with E-state index < -0.39 is 0 Å². The Balaban J connectivity index is 1.67. The molecular weight excluding hydrogens is 286 g/mol. The van der Waals surface area contributed by atoms with Gasteiger partial charge >= 0.3 is 0 Å². The summed E-state index contributed by atoms with van der Waals surface area (Å²) in [6, 6.07) is 2.28. The van der Waals surface area contributed by atoms with Gasteiger partial charge in [0.25, 0.3) is 5.91 Å². The van der Waals surface area contributed by atoms with Crippen LogP contribution in [0, 0.1) is 6.92 Å². The molecule has 3 heterocycles. The lowest BCUT2D eigenvalue weighted by Crippen LogP contribution is -2.51. The maximum Gasteiger partial charge on any atom is 0.264 e. The third kappa shape index (κ3) is 2.00. The number of fused-ring (bicyclic) bond motifs is 2. The molecule has 4 rings (SSSR count). The molecule has 0 spiro atoms. The predicted octanol–water partition coefficient (Wildman–Crippen LogP) is 2.34. The van der Waals surface area contributed by atoms with Gasteiger partial charge in [0, 0.05) is 19.0 Å². The van der Waals surface area contributed by atoms with Crippen LogP contribution in [0.15, 0.2) is 6.07 Å². The van der Waals surface area contributed by atoms with Gasteiger partial charge in [0.05, 0.1) is 29.3 Å². The molecule has 6 heteroatoms. The SMILES string of the molecule is Cc1nn(C)c2sc(C(=O)N3CCOC4CCCC43)cc12. The number of aryl methyl sites for hydroxylation is 2. The van der Waals surface area contributed by atoms with Crippen LogP contribution in [0.5, 0.6) is 0 Å². The van der Waals surface area contributed by atoms with Crippen LogP contribution in [0.25, 0.3) is 10.2 Å². The molecule has 1 aliphatic heterocycles. The van der Waals surface area contributed by atoms with Crippen LogP contribution in [0.2, 0.25) is 0 Å². The van der Waals surface area contributed by atoms with Crippen molar-refractivity contribution in [2.45, 2.75) is 38.3 Å². The summed E-state index contributed by atoms with van der Waals surface area (Å²) in [4.78, 5) is 16.8. The van der Waals surface area contributed by atoms with Gasteiger partial charge in [-0.3, -0.25) is 9.48 Å². The van der Waals surface area contributed by atoms with Crippen LogP contribution in [0.4, 0.5) is 0 Å². The molecule has 2 aliphatic rings. The fourth-order valence-electron chi connectivity index (χ4n) is 3.63. The number of rotatable bonds is 1. The number of hydrogen-bond donors (Lipinski definition) is 0. The Morgan fingerprint density at radius 1 is 1.48 bits per heavy atom. The van der Waals surface area contributed by atoms with Crippen molar-refractivity contribution in [2.24, 2.45) is 7.05 Å². The fourth-order valence-corrected chi connectivity index (χ4v) is 4.71. The van der Waals surface area contributed by atoms with Gasteiger partial charge in [-0.15, -0.1) is 11.3 Å². The molecule has 1 saturated heterocycles. The van der Waals surface area contributed by atoms with Crippen molar-refractivity contribution in [1.29, 1.82) is 0 Å². The van der Waals surface area contributed by atoms with E-state index in [0.29, 0.717) is 13.2 Å². The first-order valence-electron chi connectivity index (χ1n) is 7.51. The summed E-state index contributed by atoms with van der Waals surface area (Å²) >= 11 is 1.55. The number of amides is 1. The Morgan fingerprint density at radius 2 is 2.33 bits per heavy atom. The van der Waals surface area contributed by atoms with Gasteiger partial charge < -0.3 is 9.64 Å². The Labute approximate surface area is 127 Å². The first kappa shape index (κ1) is 13.3. The molecule has 2 aromatic rings. The summed E-state index contributed by atoms with van der Waals surface area (Å²) in [5.74, 6) is 0.163. The monoisotopic (exact) mass is 305 g/mol. The summed E-state index contributed by atoms with van der Waals surface area (Å²) in [5, 5.41) is 5.50. The number of morpholine rings is 1. The van der Waals surface area contributed by atoms with Crippen molar-refractivity contribution >= 4 is 27.5 Å². The van der Waals surface area contributed by atoms with Crippen molar-refractivity contribution in [3.63, 3.8) is 0 Å². The third-order valence-electron chi connectivity index (χ3n) is 4.65. The summed E-state index contributed by atoms with van der Waals surface area (Å²) < 4.78 is 7.66. The lowest BCUT2D eigenvalue weighted by atomic mass is 10.1. The maximum absolute atomic E-state index is 12.9. The number of aromatic nitrogens is 2. The molecule has 2 unspecified atom stereocenters. The molecular formula is C15H19N3O2S. The third-order valence-corrected chi connectivity index (χ3v) is 5.84. The van der Waals surface area contributed by atoms with Crippen LogP contribution < -0.4 is 0 Å². The summed E-state index contributed by atoms with van der Waals surface area (Å²) in [7, 11) is 1.93. The highest BCUT2D eigenvalue weighted by Crippen LogP contribution is 2.33. The standard InChI is InChI=1S/C15H19N3O2S/c1-9-10-8-13(21-15(10)17(2)16-9)14(19)18-6-7-20-12-5-3-4-11(12)18/h8,11-12H,3-7H2,1-2H3. The topological polar surface area (TPSA) is 47.4 Å². The Hall–Kier alpha value is -1.40. The van der Waals surface area contributed by atoms with Gasteiger partial charge in [-0.25, -0.2) is 0 Å². The smallest absolute Gasteiger partial charge is 0.264 e. The Bertz CT molecular complexity index is 671. The zero-order valence-electron chi connectivity index (χ0n) is 12.3. The highest BCUT2D eigenvalue weighted by atomic mass is 32.1. The van der Waals surface area contributed by atoms with Gasteiger partial charge in [0.1, 0.15) is 4.83 Å². The molecule has 2 atom stereocenters. The first-order chi connectivity index (χ1) is 10.1. The van der Waals surface area contributed by atoms with E-state index in [1.807, 2.05) is 29.6 Å². The van der Waals surface area contributed by atoms with E-state index in [-0.39, 0.29) is 18.1 Å². The van der Waals surface area contributed by atoms with E-state index in [2.05, 4.69) is 5.10 Å². The predicted molar refractivity (Wildman–Crippen MR) is 81.7 cm³/mol. The highest BCUT2D eigenvalue weighted by Gasteiger charge is 2.39. The fraction of sp³-hybridized carbons (Fsp3) is 0.600. The van der Waals surface area contributed by atoms with E-state index in [9.17, 15) is 4.79 Å². The second-order valence-electron chi connectivity index (χ2n) is 5.94. The van der Waals surface area contributed by atoms with E-state index in [1.165, 1.54) is 0 Å². The van der Waals surface area contributed by atoms with Crippen LogP contribution in [0.3, 0.4) is 0 Å².